The van der Waals surface area contributed by atoms with Crippen LogP contribution < -0.4 is 9.80 Å². The number of aromatic nitrogens is 2. The largest absolute Gasteiger partial charge is 0.368 e. The topological polar surface area (TPSA) is 32.3 Å². The van der Waals surface area contributed by atoms with E-state index in [1.54, 1.807) is 6.33 Å². The maximum Gasteiger partial charge on any atom is 0.140 e. The fourth-order valence-electron chi connectivity index (χ4n) is 3.08. The molecule has 1 aliphatic rings. The Labute approximate surface area is 149 Å². The average molecular weight is 416 g/mol. The van der Waals surface area contributed by atoms with Gasteiger partial charge in [0, 0.05) is 40.8 Å². The van der Waals surface area contributed by atoms with E-state index in [2.05, 4.69) is 90.9 Å². The van der Waals surface area contributed by atoms with Gasteiger partial charge in [0.05, 0.1) is 5.52 Å². The number of hydrogen-bond acceptors (Lipinski definition) is 4. The molecule has 1 aromatic heterocycles. The fraction of sp³-hybridized carbons (Fsp3) is 0.222. The number of halogens is 1. The number of nitrogens with zero attached hydrogens (tertiary/aromatic N) is 4. The molecule has 1 saturated heterocycles. The Balaban J connectivity index is 1.58. The molecule has 116 valence electrons. The Bertz CT molecular complexity index is 814. The second-order valence-electron chi connectivity index (χ2n) is 5.67. The van der Waals surface area contributed by atoms with Gasteiger partial charge in [0.15, 0.2) is 0 Å². The van der Waals surface area contributed by atoms with E-state index in [4.69, 9.17) is 0 Å². The highest BCUT2D eigenvalue weighted by atomic mass is 127. The molecule has 0 saturated carbocycles. The smallest absolute Gasteiger partial charge is 0.140 e. The number of hydrogen-bond donors (Lipinski definition) is 0. The van der Waals surface area contributed by atoms with Crippen molar-refractivity contribution in [2.24, 2.45) is 0 Å². The van der Waals surface area contributed by atoms with E-state index in [0.29, 0.717) is 0 Å². The van der Waals surface area contributed by atoms with E-state index in [-0.39, 0.29) is 0 Å². The molecule has 0 bridgehead atoms. The maximum atomic E-state index is 4.56. The van der Waals surface area contributed by atoms with Crippen molar-refractivity contribution in [1.82, 2.24) is 9.97 Å². The van der Waals surface area contributed by atoms with Gasteiger partial charge >= 0.3 is 0 Å². The predicted molar refractivity (Wildman–Crippen MR) is 103 cm³/mol. The molecule has 0 amide bonds. The first-order valence-electron chi connectivity index (χ1n) is 7.76. The summed E-state index contributed by atoms with van der Waals surface area (Å²) in [6.07, 6.45) is 1.67. The summed E-state index contributed by atoms with van der Waals surface area (Å²) < 4.78 is 1.22. The van der Waals surface area contributed by atoms with Crippen LogP contribution in [-0.2, 0) is 0 Å². The Kier molecular flexibility index (Phi) is 4.03. The quantitative estimate of drug-likeness (QED) is 0.599. The summed E-state index contributed by atoms with van der Waals surface area (Å²) >= 11 is 2.34. The highest BCUT2D eigenvalue weighted by Crippen LogP contribution is 2.26. The van der Waals surface area contributed by atoms with E-state index in [9.17, 15) is 0 Å². The van der Waals surface area contributed by atoms with Crippen LogP contribution in [-0.4, -0.2) is 36.1 Å². The Hall–Kier alpha value is -1.89. The Morgan fingerprint density at radius 2 is 1.57 bits per heavy atom. The van der Waals surface area contributed by atoms with Gasteiger partial charge in [-0.3, -0.25) is 0 Å². The maximum absolute atomic E-state index is 4.56. The SMILES string of the molecule is Ic1ccc2ncnc(N3CCN(c4ccccc4)CC3)c2c1. The molecule has 2 aromatic carbocycles. The summed E-state index contributed by atoms with van der Waals surface area (Å²) in [4.78, 5) is 13.8. The van der Waals surface area contributed by atoms with Gasteiger partial charge in [-0.05, 0) is 52.9 Å². The lowest BCUT2D eigenvalue weighted by Crippen LogP contribution is -2.46. The first kappa shape index (κ1) is 14.7. The van der Waals surface area contributed by atoms with Gasteiger partial charge in [0.1, 0.15) is 12.1 Å². The standard InChI is InChI=1S/C18H17IN4/c19-14-6-7-17-16(12-14)18(21-13-20-17)23-10-8-22(9-11-23)15-4-2-1-3-5-15/h1-7,12-13H,8-11H2. The molecule has 0 N–H and O–H groups in total. The minimum atomic E-state index is 0.979. The van der Waals surface area contributed by atoms with Crippen molar-refractivity contribution >= 4 is 45.0 Å². The zero-order valence-corrected chi connectivity index (χ0v) is 14.8. The summed E-state index contributed by atoms with van der Waals surface area (Å²) in [5.74, 6) is 1.06. The van der Waals surface area contributed by atoms with Gasteiger partial charge in [-0.2, -0.15) is 0 Å². The molecule has 0 atom stereocenters. The number of para-hydroxylation sites is 1. The predicted octanol–water partition coefficient (Wildman–Crippen LogP) is 3.56. The molecule has 0 spiro atoms. The van der Waals surface area contributed by atoms with Gasteiger partial charge in [-0.15, -0.1) is 0 Å². The van der Waals surface area contributed by atoms with Crippen LogP contribution in [0.3, 0.4) is 0 Å². The van der Waals surface area contributed by atoms with Gasteiger partial charge in [0.2, 0.25) is 0 Å². The molecule has 0 aliphatic carbocycles. The first-order chi connectivity index (χ1) is 11.3. The minimum absolute atomic E-state index is 0.979. The van der Waals surface area contributed by atoms with Crippen molar-refractivity contribution < 1.29 is 0 Å². The molecule has 4 rings (SSSR count). The summed E-state index contributed by atoms with van der Waals surface area (Å²) in [7, 11) is 0. The van der Waals surface area contributed by atoms with E-state index in [0.717, 1.165) is 42.9 Å². The third-order valence-corrected chi connectivity index (χ3v) is 4.95. The normalized spacial score (nSPS) is 15.2. The lowest BCUT2D eigenvalue weighted by atomic mass is 10.2. The fourth-order valence-corrected chi connectivity index (χ4v) is 3.57. The number of benzene rings is 2. The zero-order chi connectivity index (χ0) is 15.6. The monoisotopic (exact) mass is 416 g/mol. The summed E-state index contributed by atoms with van der Waals surface area (Å²) in [6.45, 7) is 3.98. The molecule has 23 heavy (non-hydrogen) atoms. The van der Waals surface area contributed by atoms with E-state index in [1.165, 1.54) is 9.26 Å². The molecule has 3 aromatic rings. The number of rotatable bonds is 2. The molecule has 0 unspecified atom stereocenters. The lowest BCUT2D eigenvalue weighted by molar-refractivity contribution is 0.649. The van der Waals surface area contributed by atoms with Crippen LogP contribution in [0.2, 0.25) is 0 Å². The highest BCUT2D eigenvalue weighted by Gasteiger charge is 2.20. The van der Waals surface area contributed by atoms with Gasteiger partial charge < -0.3 is 9.80 Å². The second-order valence-corrected chi connectivity index (χ2v) is 6.91. The van der Waals surface area contributed by atoms with E-state index in [1.807, 2.05) is 0 Å². The van der Waals surface area contributed by atoms with Gasteiger partial charge in [-0.1, -0.05) is 18.2 Å². The van der Waals surface area contributed by atoms with Crippen LogP contribution >= 0.6 is 22.6 Å². The summed E-state index contributed by atoms with van der Waals surface area (Å²) in [6, 6.07) is 17.0. The zero-order valence-electron chi connectivity index (χ0n) is 12.7. The number of piperazine rings is 1. The third-order valence-electron chi connectivity index (χ3n) is 4.28. The molecule has 0 radical (unpaired) electrons. The van der Waals surface area contributed by atoms with Crippen molar-refractivity contribution in [1.29, 1.82) is 0 Å². The average Bonchev–Trinajstić information content (AvgIpc) is 2.62. The van der Waals surface area contributed by atoms with Crippen LogP contribution in [0.5, 0.6) is 0 Å². The second kappa shape index (κ2) is 6.31. The van der Waals surface area contributed by atoms with Crippen molar-refractivity contribution in [2.75, 3.05) is 36.0 Å². The highest BCUT2D eigenvalue weighted by molar-refractivity contribution is 14.1. The van der Waals surface area contributed by atoms with Gasteiger partial charge in [0.25, 0.3) is 0 Å². The van der Waals surface area contributed by atoms with Crippen LogP contribution in [0.25, 0.3) is 10.9 Å². The third kappa shape index (κ3) is 2.97. The molecule has 1 aliphatic heterocycles. The molecular formula is C18H17IN4. The summed E-state index contributed by atoms with van der Waals surface area (Å²) in [5, 5.41) is 1.15. The van der Waals surface area contributed by atoms with Crippen LogP contribution in [0.15, 0.2) is 54.9 Å². The Morgan fingerprint density at radius 3 is 2.35 bits per heavy atom. The van der Waals surface area contributed by atoms with Crippen molar-refractivity contribution in [3.8, 4) is 0 Å². The van der Waals surface area contributed by atoms with Crippen LogP contribution in [0.1, 0.15) is 0 Å². The van der Waals surface area contributed by atoms with Crippen molar-refractivity contribution in [2.45, 2.75) is 0 Å². The van der Waals surface area contributed by atoms with Crippen molar-refractivity contribution in [3.63, 3.8) is 0 Å². The number of fused-ring (bicyclic) bond motifs is 1. The van der Waals surface area contributed by atoms with Crippen molar-refractivity contribution in [3.05, 3.63) is 58.4 Å². The van der Waals surface area contributed by atoms with E-state index >= 15 is 0 Å². The lowest BCUT2D eigenvalue weighted by Gasteiger charge is -2.37. The molecule has 1 fully saturated rings. The van der Waals surface area contributed by atoms with Gasteiger partial charge in [-0.25, -0.2) is 9.97 Å². The van der Waals surface area contributed by atoms with Crippen LogP contribution in [0.4, 0.5) is 11.5 Å². The van der Waals surface area contributed by atoms with Crippen LogP contribution in [0, 0.1) is 3.57 Å². The molecule has 5 heteroatoms. The molecule has 4 nitrogen and oxygen atoms in total. The molecular weight excluding hydrogens is 399 g/mol. The summed E-state index contributed by atoms with van der Waals surface area (Å²) in [5.41, 5.74) is 2.31. The minimum Gasteiger partial charge on any atom is -0.368 e. The number of anilines is 2. The molecule has 2 heterocycles. The Morgan fingerprint density at radius 1 is 0.826 bits per heavy atom. The van der Waals surface area contributed by atoms with E-state index < -0.39 is 0 Å². The first-order valence-corrected chi connectivity index (χ1v) is 8.84.